The maximum atomic E-state index is 13.5. The molecule has 0 unspecified atom stereocenters. The number of anilines is 1. The Morgan fingerprint density at radius 3 is 2.57 bits per heavy atom. The summed E-state index contributed by atoms with van der Waals surface area (Å²) in [6.45, 7) is 1.59. The van der Waals surface area contributed by atoms with Gasteiger partial charge in [0.2, 0.25) is 5.91 Å². The summed E-state index contributed by atoms with van der Waals surface area (Å²) in [4.78, 5) is 23.5. The molecule has 2 fully saturated rings. The van der Waals surface area contributed by atoms with Crippen LogP contribution in [-0.4, -0.2) is 35.0 Å². The predicted octanol–water partition coefficient (Wildman–Crippen LogP) is 3.95. The van der Waals surface area contributed by atoms with Crippen molar-refractivity contribution in [3.8, 4) is 11.3 Å². The van der Waals surface area contributed by atoms with Gasteiger partial charge in [-0.15, -0.1) is 0 Å². The number of benzene rings is 1. The zero-order valence-electron chi connectivity index (χ0n) is 16.1. The minimum Gasteiger partial charge on any atom is -0.356 e. The topological polar surface area (TPSA) is 58.1 Å². The van der Waals surface area contributed by atoms with E-state index in [0.717, 1.165) is 50.2 Å². The second-order valence-electron chi connectivity index (χ2n) is 7.88. The Hall–Kier alpha value is -2.50. The summed E-state index contributed by atoms with van der Waals surface area (Å²) in [6, 6.07) is 8.70. The molecule has 1 N–H and O–H groups in total. The minimum atomic E-state index is -0.276. The van der Waals surface area contributed by atoms with E-state index in [1.807, 2.05) is 12.1 Å². The van der Waals surface area contributed by atoms with Gasteiger partial charge in [-0.2, -0.15) is 0 Å². The van der Waals surface area contributed by atoms with Gasteiger partial charge < -0.3 is 10.2 Å². The van der Waals surface area contributed by atoms with Gasteiger partial charge in [0.25, 0.3) is 0 Å². The van der Waals surface area contributed by atoms with E-state index >= 15 is 0 Å². The molecule has 1 aromatic heterocycles. The van der Waals surface area contributed by atoms with Crippen LogP contribution in [0.3, 0.4) is 0 Å². The van der Waals surface area contributed by atoms with Crippen molar-refractivity contribution in [3.63, 3.8) is 0 Å². The molecule has 0 radical (unpaired) electrons. The Labute approximate surface area is 165 Å². The molecule has 5 nitrogen and oxygen atoms in total. The summed E-state index contributed by atoms with van der Waals surface area (Å²) in [5, 5.41) is 3.26. The monoisotopic (exact) mass is 382 g/mol. The number of halogens is 1. The van der Waals surface area contributed by atoms with Crippen molar-refractivity contribution in [2.45, 2.75) is 51.0 Å². The van der Waals surface area contributed by atoms with E-state index in [1.54, 1.807) is 6.07 Å². The van der Waals surface area contributed by atoms with Gasteiger partial charge in [0.05, 0.1) is 5.69 Å². The SMILES string of the molecule is O=C(NC1CCCCC1)C1CCN(c2cc(-c3cccc(F)c3)ncn2)CC1. The molecule has 1 aromatic carbocycles. The number of hydrogen-bond acceptors (Lipinski definition) is 4. The van der Waals surface area contributed by atoms with Crippen LogP contribution in [0.15, 0.2) is 36.7 Å². The van der Waals surface area contributed by atoms with E-state index in [9.17, 15) is 9.18 Å². The highest BCUT2D eigenvalue weighted by Gasteiger charge is 2.27. The van der Waals surface area contributed by atoms with E-state index in [4.69, 9.17) is 0 Å². The van der Waals surface area contributed by atoms with Crippen molar-refractivity contribution in [2.75, 3.05) is 18.0 Å². The summed E-state index contributed by atoms with van der Waals surface area (Å²) in [6.07, 6.45) is 9.17. The first kappa shape index (κ1) is 18.8. The number of nitrogens with one attached hydrogen (secondary N) is 1. The van der Waals surface area contributed by atoms with Gasteiger partial charge in [-0.1, -0.05) is 31.4 Å². The summed E-state index contributed by atoms with van der Waals surface area (Å²) < 4.78 is 13.5. The molecule has 1 aliphatic carbocycles. The van der Waals surface area contributed by atoms with Crippen LogP contribution in [0.4, 0.5) is 10.2 Å². The Morgan fingerprint density at radius 2 is 1.82 bits per heavy atom. The maximum absolute atomic E-state index is 13.5. The molecule has 2 aliphatic rings. The highest BCUT2D eigenvalue weighted by Crippen LogP contribution is 2.26. The number of hydrogen-bond donors (Lipinski definition) is 1. The summed E-state index contributed by atoms with van der Waals surface area (Å²) >= 11 is 0. The highest BCUT2D eigenvalue weighted by molar-refractivity contribution is 5.79. The number of carbonyl (C=O) groups excluding carboxylic acids is 1. The molecule has 28 heavy (non-hydrogen) atoms. The Bertz CT molecular complexity index is 814. The molecule has 2 heterocycles. The van der Waals surface area contributed by atoms with Crippen molar-refractivity contribution in [3.05, 3.63) is 42.5 Å². The van der Waals surface area contributed by atoms with E-state index in [-0.39, 0.29) is 17.6 Å². The predicted molar refractivity (Wildman–Crippen MR) is 107 cm³/mol. The third-order valence-corrected chi connectivity index (χ3v) is 5.91. The first-order valence-corrected chi connectivity index (χ1v) is 10.3. The van der Waals surface area contributed by atoms with Gasteiger partial charge in [-0.3, -0.25) is 4.79 Å². The summed E-state index contributed by atoms with van der Waals surface area (Å²) in [5.74, 6) is 0.861. The maximum Gasteiger partial charge on any atom is 0.223 e. The van der Waals surface area contributed by atoms with Crippen LogP contribution in [0.1, 0.15) is 44.9 Å². The molecule has 0 spiro atoms. The van der Waals surface area contributed by atoms with Gasteiger partial charge >= 0.3 is 0 Å². The molecule has 0 bridgehead atoms. The second kappa shape index (κ2) is 8.67. The van der Waals surface area contributed by atoms with Crippen molar-refractivity contribution in [2.24, 2.45) is 5.92 Å². The van der Waals surface area contributed by atoms with Gasteiger partial charge in [-0.25, -0.2) is 14.4 Å². The molecular weight excluding hydrogens is 355 g/mol. The van der Waals surface area contributed by atoms with Crippen LogP contribution in [0.2, 0.25) is 0 Å². The first-order chi connectivity index (χ1) is 13.7. The van der Waals surface area contributed by atoms with E-state index in [1.165, 1.54) is 37.7 Å². The summed E-state index contributed by atoms with van der Waals surface area (Å²) in [5.41, 5.74) is 1.45. The molecule has 1 saturated heterocycles. The highest BCUT2D eigenvalue weighted by atomic mass is 19.1. The smallest absolute Gasteiger partial charge is 0.223 e. The fraction of sp³-hybridized carbons (Fsp3) is 0.500. The number of amides is 1. The Balaban J connectivity index is 1.36. The van der Waals surface area contributed by atoms with Gasteiger partial charge in [0.15, 0.2) is 0 Å². The number of piperidine rings is 1. The van der Waals surface area contributed by atoms with Crippen molar-refractivity contribution >= 4 is 11.7 Å². The lowest BCUT2D eigenvalue weighted by molar-refractivity contribution is -0.126. The number of aromatic nitrogens is 2. The lowest BCUT2D eigenvalue weighted by atomic mass is 9.92. The van der Waals surface area contributed by atoms with E-state index < -0.39 is 0 Å². The Kier molecular flexibility index (Phi) is 5.84. The molecule has 0 atom stereocenters. The third-order valence-electron chi connectivity index (χ3n) is 5.91. The largest absolute Gasteiger partial charge is 0.356 e. The standard InChI is InChI=1S/C22H27FN4O/c23-18-6-4-5-17(13-18)20-14-21(25-15-24-20)27-11-9-16(10-12-27)22(28)26-19-7-2-1-3-8-19/h4-6,13-16,19H,1-3,7-12H2,(H,26,28). The van der Waals surface area contributed by atoms with Gasteiger partial charge in [-0.05, 0) is 37.8 Å². The minimum absolute atomic E-state index is 0.0858. The van der Waals surface area contributed by atoms with Crippen LogP contribution < -0.4 is 10.2 Å². The fourth-order valence-corrected chi connectivity index (χ4v) is 4.26. The van der Waals surface area contributed by atoms with Crippen molar-refractivity contribution < 1.29 is 9.18 Å². The summed E-state index contributed by atoms with van der Waals surface area (Å²) in [7, 11) is 0. The lowest BCUT2D eigenvalue weighted by Gasteiger charge is -2.33. The molecule has 2 aromatic rings. The van der Waals surface area contributed by atoms with Crippen LogP contribution in [0.5, 0.6) is 0 Å². The molecule has 4 rings (SSSR count). The first-order valence-electron chi connectivity index (χ1n) is 10.3. The van der Waals surface area contributed by atoms with Crippen LogP contribution in [0.25, 0.3) is 11.3 Å². The molecular formula is C22H27FN4O. The normalized spacial score (nSPS) is 18.8. The zero-order chi connectivity index (χ0) is 19.3. The number of nitrogens with zero attached hydrogens (tertiary/aromatic N) is 3. The van der Waals surface area contributed by atoms with E-state index in [2.05, 4.69) is 20.2 Å². The molecule has 6 heteroatoms. The van der Waals surface area contributed by atoms with Crippen LogP contribution in [-0.2, 0) is 4.79 Å². The zero-order valence-corrected chi connectivity index (χ0v) is 16.1. The van der Waals surface area contributed by atoms with Gasteiger partial charge in [0, 0.05) is 36.7 Å². The number of rotatable bonds is 4. The average molecular weight is 382 g/mol. The van der Waals surface area contributed by atoms with Gasteiger partial charge in [0.1, 0.15) is 18.0 Å². The second-order valence-corrected chi connectivity index (χ2v) is 7.88. The van der Waals surface area contributed by atoms with Crippen molar-refractivity contribution in [1.29, 1.82) is 0 Å². The average Bonchev–Trinajstić information content (AvgIpc) is 2.75. The number of carbonyl (C=O) groups is 1. The Morgan fingerprint density at radius 1 is 1.04 bits per heavy atom. The third kappa shape index (κ3) is 4.49. The molecule has 1 aliphatic heterocycles. The van der Waals surface area contributed by atoms with Crippen molar-refractivity contribution in [1.82, 2.24) is 15.3 Å². The lowest BCUT2D eigenvalue weighted by Crippen LogP contribution is -2.44. The quantitative estimate of drug-likeness (QED) is 0.870. The fourth-order valence-electron chi connectivity index (χ4n) is 4.26. The van der Waals surface area contributed by atoms with Crippen LogP contribution >= 0.6 is 0 Å². The molecule has 1 amide bonds. The molecule has 148 valence electrons. The molecule has 1 saturated carbocycles. The van der Waals surface area contributed by atoms with E-state index in [0.29, 0.717) is 11.7 Å². The van der Waals surface area contributed by atoms with Crippen LogP contribution in [0, 0.1) is 11.7 Å².